The van der Waals surface area contributed by atoms with E-state index in [1.807, 2.05) is 0 Å². The van der Waals surface area contributed by atoms with Crippen LogP contribution < -0.4 is 11.5 Å². The molecule has 86 valence electrons. The predicted molar refractivity (Wildman–Crippen MR) is 54.9 cm³/mol. The van der Waals surface area contributed by atoms with E-state index in [2.05, 4.69) is 0 Å². The fourth-order valence-electron chi connectivity index (χ4n) is 2.35. The van der Waals surface area contributed by atoms with Crippen molar-refractivity contribution in [2.24, 2.45) is 23.3 Å². The number of hydrogen-bond acceptors (Lipinski definition) is 3. The third-order valence-corrected chi connectivity index (χ3v) is 3.16. The van der Waals surface area contributed by atoms with Crippen molar-refractivity contribution in [1.82, 2.24) is 0 Å². The van der Waals surface area contributed by atoms with Gasteiger partial charge in [0.25, 0.3) is 0 Å². The summed E-state index contributed by atoms with van der Waals surface area (Å²) in [6.07, 6.45) is 4.91. The Balaban J connectivity index is 2.71. The smallest absolute Gasteiger partial charge is 0.321 e. The van der Waals surface area contributed by atoms with E-state index in [9.17, 15) is 9.59 Å². The van der Waals surface area contributed by atoms with Gasteiger partial charge in [-0.1, -0.05) is 19.3 Å². The monoisotopic (exact) mass is 214 g/mol. The molecule has 0 radical (unpaired) electrons. The molecule has 1 aliphatic rings. The van der Waals surface area contributed by atoms with Crippen LogP contribution in [0.1, 0.15) is 32.1 Å². The first-order valence-electron chi connectivity index (χ1n) is 5.31. The number of amides is 1. The molecule has 2 atom stereocenters. The first-order valence-corrected chi connectivity index (χ1v) is 5.31. The molecule has 1 rings (SSSR count). The van der Waals surface area contributed by atoms with Crippen molar-refractivity contribution in [1.29, 1.82) is 0 Å². The van der Waals surface area contributed by atoms with E-state index in [0.717, 1.165) is 32.1 Å². The summed E-state index contributed by atoms with van der Waals surface area (Å²) in [5.41, 5.74) is 10.7. The number of carbonyl (C=O) groups excluding carboxylic acids is 1. The molecular weight excluding hydrogens is 196 g/mol. The maximum absolute atomic E-state index is 11.2. The van der Waals surface area contributed by atoms with Crippen molar-refractivity contribution in [2.45, 2.75) is 38.1 Å². The van der Waals surface area contributed by atoms with Crippen LogP contribution in [-0.2, 0) is 9.59 Å². The summed E-state index contributed by atoms with van der Waals surface area (Å²) >= 11 is 0. The summed E-state index contributed by atoms with van der Waals surface area (Å²) < 4.78 is 0. The van der Waals surface area contributed by atoms with Gasteiger partial charge < -0.3 is 16.6 Å². The van der Waals surface area contributed by atoms with Gasteiger partial charge in [-0.15, -0.1) is 0 Å². The second-order valence-electron chi connectivity index (χ2n) is 4.19. The molecule has 0 heterocycles. The second-order valence-corrected chi connectivity index (χ2v) is 4.19. The molecule has 5 nitrogen and oxygen atoms in total. The van der Waals surface area contributed by atoms with Crippen LogP contribution in [0.3, 0.4) is 0 Å². The van der Waals surface area contributed by atoms with Crippen LogP contribution in [0.2, 0.25) is 0 Å². The van der Waals surface area contributed by atoms with Gasteiger partial charge >= 0.3 is 5.97 Å². The first-order chi connectivity index (χ1) is 7.04. The Hall–Kier alpha value is -1.10. The third kappa shape index (κ3) is 2.92. The zero-order valence-corrected chi connectivity index (χ0v) is 8.69. The highest BCUT2D eigenvalue weighted by Gasteiger charge is 2.36. The Morgan fingerprint density at radius 2 is 1.73 bits per heavy atom. The van der Waals surface area contributed by atoms with Gasteiger partial charge in [-0.2, -0.15) is 0 Å². The summed E-state index contributed by atoms with van der Waals surface area (Å²) in [7, 11) is 0. The lowest BCUT2D eigenvalue weighted by atomic mass is 9.76. The Bertz CT molecular complexity index is 249. The normalized spacial score (nSPS) is 21.9. The average molecular weight is 214 g/mol. The molecule has 1 unspecified atom stereocenters. The molecule has 1 amide bonds. The van der Waals surface area contributed by atoms with E-state index >= 15 is 0 Å². The molecule has 0 aromatic carbocycles. The molecule has 1 fully saturated rings. The van der Waals surface area contributed by atoms with Gasteiger partial charge in [-0.25, -0.2) is 0 Å². The molecule has 0 aromatic heterocycles. The summed E-state index contributed by atoms with van der Waals surface area (Å²) in [4.78, 5) is 22.0. The van der Waals surface area contributed by atoms with Gasteiger partial charge in [0.1, 0.15) is 6.04 Å². The van der Waals surface area contributed by atoms with Crippen molar-refractivity contribution < 1.29 is 14.7 Å². The summed E-state index contributed by atoms with van der Waals surface area (Å²) in [6.45, 7) is 0. The Morgan fingerprint density at radius 1 is 1.20 bits per heavy atom. The lowest BCUT2D eigenvalue weighted by molar-refractivity contribution is -0.143. The van der Waals surface area contributed by atoms with Gasteiger partial charge in [0.15, 0.2) is 0 Å². The van der Waals surface area contributed by atoms with Crippen LogP contribution in [-0.4, -0.2) is 23.0 Å². The number of aliphatic carboxylic acids is 1. The molecule has 1 saturated carbocycles. The fraction of sp³-hybridized carbons (Fsp3) is 0.800. The van der Waals surface area contributed by atoms with Gasteiger partial charge in [0, 0.05) is 0 Å². The molecule has 5 N–H and O–H groups in total. The number of carboxylic acids is 1. The van der Waals surface area contributed by atoms with E-state index in [4.69, 9.17) is 16.6 Å². The maximum atomic E-state index is 11.2. The Morgan fingerprint density at radius 3 is 2.13 bits per heavy atom. The SMILES string of the molecule is NC(=O)C(C1CCCCC1)[C@H](N)C(=O)O. The van der Waals surface area contributed by atoms with Crippen molar-refractivity contribution in [3.05, 3.63) is 0 Å². The number of carbonyl (C=O) groups is 2. The van der Waals surface area contributed by atoms with Gasteiger partial charge in [-0.3, -0.25) is 9.59 Å². The van der Waals surface area contributed by atoms with E-state index in [-0.39, 0.29) is 5.92 Å². The largest absolute Gasteiger partial charge is 0.480 e. The number of nitrogens with two attached hydrogens (primary N) is 2. The van der Waals surface area contributed by atoms with Crippen molar-refractivity contribution >= 4 is 11.9 Å². The summed E-state index contributed by atoms with van der Waals surface area (Å²) in [5.74, 6) is -2.41. The molecule has 0 aromatic rings. The van der Waals surface area contributed by atoms with Gasteiger partial charge in [0.05, 0.1) is 5.92 Å². The number of hydrogen-bond donors (Lipinski definition) is 3. The number of primary amides is 1. The fourth-order valence-corrected chi connectivity index (χ4v) is 2.35. The highest BCUT2D eigenvalue weighted by Crippen LogP contribution is 2.31. The Labute approximate surface area is 88.8 Å². The minimum atomic E-state index is -1.16. The highest BCUT2D eigenvalue weighted by molar-refractivity contribution is 5.85. The molecule has 0 saturated heterocycles. The topological polar surface area (TPSA) is 106 Å². The van der Waals surface area contributed by atoms with Crippen LogP contribution in [0.4, 0.5) is 0 Å². The zero-order chi connectivity index (χ0) is 11.4. The molecular formula is C10H18N2O3. The second kappa shape index (κ2) is 5.11. The van der Waals surface area contributed by atoms with Crippen LogP contribution in [0, 0.1) is 11.8 Å². The standard InChI is InChI=1S/C10H18N2O3/c11-8(10(14)15)7(9(12)13)6-4-2-1-3-5-6/h6-8H,1-5,11H2,(H2,12,13)(H,14,15)/t7?,8-/m0/s1. The van der Waals surface area contributed by atoms with Gasteiger partial charge in [0.2, 0.25) is 5.91 Å². The quantitative estimate of drug-likeness (QED) is 0.616. The molecule has 5 heteroatoms. The minimum Gasteiger partial charge on any atom is -0.480 e. The first kappa shape index (κ1) is 12.0. The molecule has 15 heavy (non-hydrogen) atoms. The van der Waals surface area contributed by atoms with Crippen molar-refractivity contribution in [3.63, 3.8) is 0 Å². The van der Waals surface area contributed by atoms with E-state index in [1.165, 1.54) is 0 Å². The molecule has 0 spiro atoms. The van der Waals surface area contributed by atoms with Crippen molar-refractivity contribution in [2.75, 3.05) is 0 Å². The van der Waals surface area contributed by atoms with Gasteiger partial charge in [-0.05, 0) is 18.8 Å². The Kier molecular flexibility index (Phi) is 4.08. The molecule has 1 aliphatic carbocycles. The number of rotatable bonds is 4. The van der Waals surface area contributed by atoms with Crippen LogP contribution in [0.15, 0.2) is 0 Å². The lowest BCUT2D eigenvalue weighted by Crippen LogP contribution is -2.48. The van der Waals surface area contributed by atoms with Crippen LogP contribution >= 0.6 is 0 Å². The number of carboxylic acid groups (broad SMARTS) is 1. The van der Waals surface area contributed by atoms with E-state index in [1.54, 1.807) is 0 Å². The predicted octanol–water partition coefficient (Wildman–Crippen LogP) is 0.0801. The van der Waals surface area contributed by atoms with Crippen molar-refractivity contribution in [3.8, 4) is 0 Å². The molecule has 0 bridgehead atoms. The van der Waals surface area contributed by atoms with Crippen LogP contribution in [0.25, 0.3) is 0 Å². The summed E-state index contributed by atoms with van der Waals surface area (Å²) in [6, 6.07) is -1.16. The van der Waals surface area contributed by atoms with E-state index in [0.29, 0.717) is 0 Å². The van der Waals surface area contributed by atoms with Crippen LogP contribution in [0.5, 0.6) is 0 Å². The minimum absolute atomic E-state index is 0.0438. The zero-order valence-electron chi connectivity index (χ0n) is 8.69. The molecule has 0 aliphatic heterocycles. The summed E-state index contributed by atoms with van der Waals surface area (Å²) in [5, 5.41) is 8.80. The third-order valence-electron chi connectivity index (χ3n) is 3.16. The lowest BCUT2D eigenvalue weighted by Gasteiger charge is -2.30. The average Bonchev–Trinajstić information content (AvgIpc) is 2.18. The highest BCUT2D eigenvalue weighted by atomic mass is 16.4. The van der Waals surface area contributed by atoms with E-state index < -0.39 is 23.8 Å². The maximum Gasteiger partial charge on any atom is 0.321 e.